The van der Waals surface area contributed by atoms with Crippen molar-refractivity contribution in [2.24, 2.45) is 10.5 Å². The largest absolute Gasteiger partial charge is 0.484 e. The first-order valence-corrected chi connectivity index (χ1v) is 9.48. The molecule has 1 aromatic carbocycles. The van der Waals surface area contributed by atoms with Crippen LogP contribution in [0, 0.1) is 12.3 Å². The van der Waals surface area contributed by atoms with E-state index in [0.717, 1.165) is 0 Å². The minimum atomic E-state index is -6.59. The number of aliphatic hydroxyl groups is 1. The van der Waals surface area contributed by atoms with Crippen molar-refractivity contribution in [3.63, 3.8) is 0 Å². The molecular weight excluding hydrogens is 473 g/mol. The highest BCUT2D eigenvalue weighted by molar-refractivity contribution is 6.31. The molecule has 0 bridgehead atoms. The standard InChI is InChI=1S/C19H20ClF7N2O3/c1-10-7-11(5-6-12(10)20)32-9-14(30)29-16(31,15(2,3)4)8-13(28-29)17(21,22)18(23,24)19(25,26)27/h5-7,31H,8-9H2,1-4H3/t16-/m1/s1. The molecule has 2 rings (SSSR count). The van der Waals surface area contributed by atoms with Crippen LogP contribution in [0.25, 0.3) is 0 Å². The number of carbonyl (C=O) groups is 1. The maximum absolute atomic E-state index is 14.2. The predicted octanol–water partition coefficient (Wildman–Crippen LogP) is 5.18. The number of benzene rings is 1. The zero-order chi connectivity index (χ0) is 24.9. The van der Waals surface area contributed by atoms with Crippen LogP contribution in [0.5, 0.6) is 5.75 Å². The maximum Gasteiger partial charge on any atom is 0.460 e. The van der Waals surface area contributed by atoms with Crippen LogP contribution in [0.3, 0.4) is 0 Å². The van der Waals surface area contributed by atoms with E-state index in [1.54, 1.807) is 6.92 Å². The molecular formula is C19H20ClF7N2O3. The Morgan fingerprint density at radius 3 is 2.22 bits per heavy atom. The molecule has 0 aliphatic carbocycles. The van der Waals surface area contributed by atoms with Crippen molar-refractivity contribution in [3.05, 3.63) is 28.8 Å². The number of carbonyl (C=O) groups excluding carboxylic acids is 1. The summed E-state index contributed by atoms with van der Waals surface area (Å²) in [7, 11) is 0. The van der Waals surface area contributed by atoms with Gasteiger partial charge < -0.3 is 9.84 Å². The van der Waals surface area contributed by atoms with Gasteiger partial charge in [0.1, 0.15) is 11.5 Å². The minimum absolute atomic E-state index is 0.0749. The Balaban J connectivity index is 2.39. The van der Waals surface area contributed by atoms with Crippen LogP contribution in [-0.4, -0.2) is 52.1 Å². The Labute approximate surface area is 183 Å². The van der Waals surface area contributed by atoms with Gasteiger partial charge in [-0.2, -0.15) is 40.8 Å². The molecule has 1 heterocycles. The molecule has 1 aromatic rings. The Bertz CT molecular complexity index is 928. The van der Waals surface area contributed by atoms with Gasteiger partial charge in [0.15, 0.2) is 12.3 Å². The molecule has 5 nitrogen and oxygen atoms in total. The molecule has 0 unspecified atom stereocenters. The van der Waals surface area contributed by atoms with Crippen molar-refractivity contribution in [1.29, 1.82) is 0 Å². The van der Waals surface area contributed by atoms with Gasteiger partial charge in [0.05, 0.1) is 0 Å². The summed E-state index contributed by atoms with van der Waals surface area (Å²) in [5, 5.41) is 14.4. The first-order valence-electron chi connectivity index (χ1n) is 9.10. The molecule has 0 saturated carbocycles. The highest BCUT2D eigenvalue weighted by Crippen LogP contribution is 2.51. The van der Waals surface area contributed by atoms with E-state index in [0.29, 0.717) is 10.6 Å². The van der Waals surface area contributed by atoms with Crippen LogP contribution in [-0.2, 0) is 4.79 Å². The molecule has 180 valence electrons. The third-order valence-corrected chi connectivity index (χ3v) is 5.45. The second-order valence-corrected chi connectivity index (χ2v) is 8.75. The van der Waals surface area contributed by atoms with Crippen molar-refractivity contribution in [2.75, 3.05) is 6.61 Å². The number of ether oxygens (including phenoxy) is 1. The SMILES string of the molecule is Cc1cc(OCC(=O)N2N=C(C(F)(F)C(F)(F)C(F)(F)F)C[C@@]2(O)C(C)(C)C)ccc1Cl. The van der Waals surface area contributed by atoms with Gasteiger partial charge in [0.25, 0.3) is 5.91 Å². The number of hydrogen-bond acceptors (Lipinski definition) is 4. The van der Waals surface area contributed by atoms with E-state index in [-0.39, 0.29) is 10.8 Å². The number of amides is 1. The molecule has 0 aromatic heterocycles. The lowest BCUT2D eigenvalue weighted by molar-refractivity contribution is -0.336. The molecule has 0 fully saturated rings. The number of hydrazone groups is 1. The Morgan fingerprint density at radius 1 is 1.19 bits per heavy atom. The topological polar surface area (TPSA) is 62.1 Å². The van der Waals surface area contributed by atoms with Gasteiger partial charge in [0, 0.05) is 16.9 Å². The van der Waals surface area contributed by atoms with Gasteiger partial charge in [-0.1, -0.05) is 32.4 Å². The van der Waals surface area contributed by atoms with E-state index in [1.165, 1.54) is 39.0 Å². The van der Waals surface area contributed by atoms with Crippen molar-refractivity contribution < 1.29 is 45.4 Å². The Kier molecular flexibility index (Phi) is 6.58. The smallest absolute Gasteiger partial charge is 0.460 e. The summed E-state index contributed by atoms with van der Waals surface area (Å²) < 4.78 is 98.4. The van der Waals surface area contributed by atoms with Crippen molar-refractivity contribution in [2.45, 2.75) is 57.9 Å². The summed E-state index contributed by atoms with van der Waals surface area (Å²) in [4.78, 5) is 12.6. The zero-order valence-electron chi connectivity index (χ0n) is 17.3. The maximum atomic E-state index is 14.2. The van der Waals surface area contributed by atoms with Crippen LogP contribution in [0.4, 0.5) is 30.7 Å². The number of hydrogen-bond donors (Lipinski definition) is 1. The van der Waals surface area contributed by atoms with E-state index >= 15 is 0 Å². The Hall–Kier alpha value is -2.08. The van der Waals surface area contributed by atoms with Crippen LogP contribution in [0.1, 0.15) is 32.8 Å². The van der Waals surface area contributed by atoms with Crippen LogP contribution >= 0.6 is 11.6 Å². The fraction of sp³-hybridized carbons (Fsp3) is 0.579. The lowest BCUT2D eigenvalue weighted by Gasteiger charge is -2.41. The van der Waals surface area contributed by atoms with Crippen LogP contribution in [0.15, 0.2) is 23.3 Å². The molecule has 1 aliphatic rings. The second kappa shape index (κ2) is 8.05. The zero-order valence-corrected chi connectivity index (χ0v) is 18.1. The molecule has 1 aliphatic heterocycles. The molecule has 1 atom stereocenters. The first-order chi connectivity index (χ1) is 14.3. The fourth-order valence-electron chi connectivity index (χ4n) is 2.84. The molecule has 1 amide bonds. The van der Waals surface area contributed by atoms with Gasteiger partial charge in [-0.05, 0) is 30.7 Å². The van der Waals surface area contributed by atoms with E-state index in [4.69, 9.17) is 16.3 Å². The van der Waals surface area contributed by atoms with Gasteiger partial charge >= 0.3 is 18.0 Å². The summed E-state index contributed by atoms with van der Waals surface area (Å²) >= 11 is 5.87. The van der Waals surface area contributed by atoms with Crippen molar-refractivity contribution in [3.8, 4) is 5.75 Å². The molecule has 1 N–H and O–H groups in total. The van der Waals surface area contributed by atoms with Crippen molar-refractivity contribution in [1.82, 2.24) is 5.01 Å². The summed E-state index contributed by atoms with van der Waals surface area (Å²) in [6.45, 7) is 4.58. The van der Waals surface area contributed by atoms with Gasteiger partial charge in [0.2, 0.25) is 0 Å². The monoisotopic (exact) mass is 492 g/mol. The van der Waals surface area contributed by atoms with E-state index < -0.39 is 53.8 Å². The van der Waals surface area contributed by atoms with Gasteiger partial charge in [-0.15, -0.1) is 0 Å². The van der Waals surface area contributed by atoms with E-state index in [2.05, 4.69) is 5.10 Å². The average Bonchev–Trinajstić information content (AvgIpc) is 3.01. The van der Waals surface area contributed by atoms with E-state index in [1.807, 2.05) is 0 Å². The molecule has 0 saturated heterocycles. The highest BCUT2D eigenvalue weighted by Gasteiger charge is 2.76. The predicted molar refractivity (Wildman–Crippen MR) is 101 cm³/mol. The minimum Gasteiger partial charge on any atom is -0.484 e. The summed E-state index contributed by atoms with van der Waals surface area (Å²) in [6, 6.07) is 4.28. The number of nitrogens with zero attached hydrogens (tertiary/aromatic N) is 2. The third kappa shape index (κ3) is 4.39. The molecule has 13 heteroatoms. The normalized spacial score (nSPS) is 20.4. The number of rotatable bonds is 5. The van der Waals surface area contributed by atoms with E-state index in [9.17, 15) is 40.6 Å². The molecule has 0 radical (unpaired) electrons. The second-order valence-electron chi connectivity index (χ2n) is 8.34. The highest BCUT2D eigenvalue weighted by atomic mass is 35.5. The van der Waals surface area contributed by atoms with Crippen LogP contribution in [0.2, 0.25) is 5.02 Å². The van der Waals surface area contributed by atoms with Gasteiger partial charge in [-0.25, -0.2) is 0 Å². The van der Waals surface area contributed by atoms with Crippen LogP contribution < -0.4 is 4.74 Å². The molecule has 32 heavy (non-hydrogen) atoms. The van der Waals surface area contributed by atoms with Crippen molar-refractivity contribution >= 4 is 23.2 Å². The summed E-state index contributed by atoms with van der Waals surface area (Å²) in [6.07, 6.45) is -8.02. The number of alkyl halides is 7. The fourth-order valence-corrected chi connectivity index (χ4v) is 2.96. The first kappa shape index (κ1) is 26.2. The summed E-state index contributed by atoms with van der Waals surface area (Å²) in [5.41, 5.74) is -5.48. The quantitative estimate of drug-likeness (QED) is 0.576. The Morgan fingerprint density at radius 2 is 1.75 bits per heavy atom. The number of aryl methyl sites for hydroxylation is 1. The third-order valence-electron chi connectivity index (χ3n) is 5.03. The average molecular weight is 493 g/mol. The lowest BCUT2D eigenvalue weighted by Crippen LogP contribution is -2.58. The molecule has 0 spiro atoms. The number of halogens is 8. The van der Waals surface area contributed by atoms with Gasteiger partial charge in [-0.3, -0.25) is 4.79 Å². The summed E-state index contributed by atoms with van der Waals surface area (Å²) in [5.74, 6) is -13.4. The lowest BCUT2D eigenvalue weighted by atomic mass is 9.79.